The fourth-order valence-corrected chi connectivity index (χ4v) is 2.11. The molecule has 1 aromatic carbocycles. The largest absolute Gasteiger partial charge is 0.421 e. The Kier molecular flexibility index (Phi) is 3.60. The average Bonchev–Trinajstić information content (AvgIpc) is 2.26. The van der Waals surface area contributed by atoms with Gasteiger partial charge >= 0.3 is 6.18 Å². The van der Waals surface area contributed by atoms with E-state index in [9.17, 15) is 18.0 Å². The van der Waals surface area contributed by atoms with Crippen LogP contribution in [0.4, 0.5) is 13.2 Å². The van der Waals surface area contributed by atoms with Crippen molar-refractivity contribution in [2.75, 3.05) is 0 Å². The molecule has 0 saturated carbocycles. The summed E-state index contributed by atoms with van der Waals surface area (Å²) in [6, 6.07) is 5.15. The minimum atomic E-state index is -4.72. The molecule has 0 aliphatic rings. The highest BCUT2D eigenvalue weighted by Crippen LogP contribution is 2.31. The Labute approximate surface area is 115 Å². The van der Waals surface area contributed by atoms with Gasteiger partial charge in [0.25, 0.3) is 5.56 Å². The summed E-state index contributed by atoms with van der Waals surface area (Å²) in [5.74, 6) is 0. The third kappa shape index (κ3) is 3.11. The first-order chi connectivity index (χ1) is 8.77. The molecule has 0 unspecified atom stereocenters. The summed E-state index contributed by atoms with van der Waals surface area (Å²) in [5.41, 5.74) is -1.89. The maximum absolute atomic E-state index is 12.6. The lowest BCUT2D eigenvalue weighted by molar-refractivity contribution is -0.138. The summed E-state index contributed by atoms with van der Waals surface area (Å²) in [6.07, 6.45) is -3.54. The number of nitrogens with one attached hydrogen (secondary N) is 1. The van der Waals surface area contributed by atoms with Crippen LogP contribution in [0.15, 0.2) is 35.3 Å². The first-order valence-electron chi connectivity index (χ1n) is 5.04. The molecule has 0 radical (unpaired) electrons. The zero-order valence-electron chi connectivity index (χ0n) is 9.18. The Bertz CT molecular complexity index is 659. The predicted octanol–water partition coefficient (Wildman–Crippen LogP) is 4.37. The fourth-order valence-electron chi connectivity index (χ4n) is 1.58. The number of hydrogen-bond acceptors (Lipinski definition) is 1. The second-order valence-corrected chi connectivity index (χ2v) is 4.66. The van der Waals surface area contributed by atoms with Crippen molar-refractivity contribution < 1.29 is 13.2 Å². The van der Waals surface area contributed by atoms with Gasteiger partial charge in [-0.2, -0.15) is 13.2 Å². The van der Waals surface area contributed by atoms with Crippen LogP contribution in [0.2, 0.25) is 10.0 Å². The Balaban J connectivity index is 2.61. The molecule has 2 rings (SSSR count). The smallest absolute Gasteiger partial charge is 0.328 e. The Morgan fingerprint density at radius 2 is 1.53 bits per heavy atom. The number of aromatic nitrogens is 1. The summed E-state index contributed by atoms with van der Waals surface area (Å²) < 4.78 is 37.9. The number of aromatic amines is 1. The Morgan fingerprint density at radius 3 is 2.05 bits per heavy atom. The maximum Gasteiger partial charge on any atom is 0.421 e. The number of alkyl halides is 3. The number of rotatable bonds is 1. The second-order valence-electron chi connectivity index (χ2n) is 3.79. The number of pyridine rings is 1. The van der Waals surface area contributed by atoms with Crippen LogP contribution in [0, 0.1) is 0 Å². The summed E-state index contributed by atoms with van der Waals surface area (Å²) in [7, 11) is 0. The minimum absolute atomic E-state index is 0.177. The van der Waals surface area contributed by atoms with Gasteiger partial charge in [-0.05, 0) is 35.4 Å². The molecule has 0 aliphatic heterocycles. The zero-order valence-corrected chi connectivity index (χ0v) is 10.7. The topological polar surface area (TPSA) is 32.9 Å². The van der Waals surface area contributed by atoms with E-state index in [2.05, 4.69) is 4.98 Å². The Morgan fingerprint density at radius 1 is 0.947 bits per heavy atom. The van der Waals surface area contributed by atoms with Gasteiger partial charge in [0.1, 0.15) is 5.56 Å². The summed E-state index contributed by atoms with van der Waals surface area (Å²) in [6.45, 7) is 0. The van der Waals surface area contributed by atoms with E-state index >= 15 is 0 Å². The highest BCUT2D eigenvalue weighted by atomic mass is 35.5. The fraction of sp³-hybridized carbons (Fsp3) is 0.0833. The van der Waals surface area contributed by atoms with Crippen LogP contribution in [0.25, 0.3) is 11.1 Å². The van der Waals surface area contributed by atoms with Crippen LogP contribution in [0.5, 0.6) is 0 Å². The second kappa shape index (κ2) is 4.90. The predicted molar refractivity (Wildman–Crippen MR) is 67.5 cm³/mol. The van der Waals surface area contributed by atoms with Crippen molar-refractivity contribution in [3.05, 3.63) is 56.4 Å². The van der Waals surface area contributed by atoms with E-state index in [-0.39, 0.29) is 5.56 Å². The van der Waals surface area contributed by atoms with Gasteiger partial charge in [-0.25, -0.2) is 0 Å². The molecule has 0 saturated heterocycles. The molecular formula is C12H6Cl2F3NO. The molecule has 0 atom stereocenters. The first-order valence-corrected chi connectivity index (χ1v) is 5.79. The van der Waals surface area contributed by atoms with Crippen LogP contribution >= 0.6 is 23.2 Å². The maximum atomic E-state index is 12.6. The van der Waals surface area contributed by atoms with Gasteiger partial charge in [-0.1, -0.05) is 23.2 Å². The molecule has 0 amide bonds. The zero-order chi connectivity index (χ0) is 14.2. The molecule has 7 heteroatoms. The van der Waals surface area contributed by atoms with E-state index in [1.807, 2.05) is 0 Å². The molecule has 0 bridgehead atoms. The molecule has 0 aliphatic carbocycles. The van der Waals surface area contributed by atoms with Gasteiger partial charge in [-0.3, -0.25) is 4.79 Å². The number of benzene rings is 1. The molecule has 0 spiro atoms. The molecule has 0 fully saturated rings. The minimum Gasteiger partial charge on any atom is -0.328 e. The van der Waals surface area contributed by atoms with Crippen LogP contribution in [-0.2, 0) is 6.18 Å². The van der Waals surface area contributed by atoms with Gasteiger partial charge < -0.3 is 4.98 Å². The molecule has 1 heterocycles. The molecular weight excluding hydrogens is 302 g/mol. The van der Waals surface area contributed by atoms with Gasteiger partial charge in [-0.15, -0.1) is 0 Å². The average molecular weight is 308 g/mol. The van der Waals surface area contributed by atoms with Gasteiger partial charge in [0, 0.05) is 16.2 Å². The van der Waals surface area contributed by atoms with Crippen LogP contribution in [-0.4, -0.2) is 4.98 Å². The quantitative estimate of drug-likeness (QED) is 0.834. The standard InChI is InChI=1S/C12H6Cl2F3NO/c13-8-1-6(2-9(14)4-8)7-3-10(12(15,16)17)11(19)18-5-7/h1-5H,(H,18,19). The molecule has 100 valence electrons. The number of halogens is 5. The third-order valence-corrected chi connectivity index (χ3v) is 2.84. The van der Waals surface area contributed by atoms with Crippen LogP contribution in [0.1, 0.15) is 5.56 Å². The Hall–Kier alpha value is -1.46. The molecule has 19 heavy (non-hydrogen) atoms. The highest BCUT2D eigenvalue weighted by molar-refractivity contribution is 6.35. The van der Waals surface area contributed by atoms with Gasteiger partial charge in [0.05, 0.1) is 0 Å². The monoisotopic (exact) mass is 307 g/mol. The lowest BCUT2D eigenvalue weighted by atomic mass is 10.1. The first kappa shape index (κ1) is 14.0. The van der Waals surface area contributed by atoms with Crippen molar-refractivity contribution in [1.82, 2.24) is 4.98 Å². The van der Waals surface area contributed by atoms with E-state index in [1.165, 1.54) is 24.4 Å². The highest BCUT2D eigenvalue weighted by Gasteiger charge is 2.34. The summed E-state index contributed by atoms with van der Waals surface area (Å²) in [5, 5.41) is 0.588. The van der Waals surface area contributed by atoms with Crippen molar-refractivity contribution in [2.24, 2.45) is 0 Å². The van der Waals surface area contributed by atoms with E-state index in [1.54, 1.807) is 0 Å². The van der Waals surface area contributed by atoms with Crippen molar-refractivity contribution >= 4 is 23.2 Å². The van der Waals surface area contributed by atoms with Crippen LogP contribution in [0.3, 0.4) is 0 Å². The van der Waals surface area contributed by atoms with E-state index in [0.717, 1.165) is 6.07 Å². The van der Waals surface area contributed by atoms with Gasteiger partial charge in [0.15, 0.2) is 0 Å². The normalized spacial score (nSPS) is 11.6. The van der Waals surface area contributed by atoms with E-state index in [4.69, 9.17) is 23.2 Å². The number of hydrogen-bond donors (Lipinski definition) is 1. The lowest BCUT2D eigenvalue weighted by Crippen LogP contribution is -2.20. The summed E-state index contributed by atoms with van der Waals surface area (Å²) >= 11 is 11.6. The SMILES string of the molecule is O=c1[nH]cc(-c2cc(Cl)cc(Cl)c2)cc1C(F)(F)F. The van der Waals surface area contributed by atoms with E-state index in [0.29, 0.717) is 15.6 Å². The summed E-state index contributed by atoms with van der Waals surface area (Å²) in [4.78, 5) is 13.2. The molecule has 1 aromatic heterocycles. The third-order valence-electron chi connectivity index (χ3n) is 2.40. The van der Waals surface area contributed by atoms with Crippen molar-refractivity contribution in [3.63, 3.8) is 0 Å². The lowest BCUT2D eigenvalue weighted by Gasteiger charge is -2.08. The molecule has 2 aromatic rings. The van der Waals surface area contributed by atoms with Crippen LogP contribution < -0.4 is 5.56 Å². The van der Waals surface area contributed by atoms with Crippen molar-refractivity contribution in [3.8, 4) is 11.1 Å². The number of H-pyrrole nitrogens is 1. The van der Waals surface area contributed by atoms with Crippen molar-refractivity contribution in [1.29, 1.82) is 0 Å². The van der Waals surface area contributed by atoms with Crippen molar-refractivity contribution in [2.45, 2.75) is 6.18 Å². The molecule has 1 N–H and O–H groups in total. The molecule has 2 nitrogen and oxygen atoms in total. The van der Waals surface area contributed by atoms with Gasteiger partial charge in [0.2, 0.25) is 0 Å². The van der Waals surface area contributed by atoms with E-state index < -0.39 is 17.3 Å².